The predicted molar refractivity (Wildman–Crippen MR) is 89.0 cm³/mol. The standard InChI is InChI=1S/C19H17F3N2O/c1-11-6-12(2)8-14(7-11)17(25)18-23-10-16(24-18)13-4-3-5-15(9-13)19(20,21)22/h3-10,17,25H,1-2H3,(H,23,24). The van der Waals surface area contributed by atoms with Gasteiger partial charge in [-0.2, -0.15) is 13.2 Å². The molecular formula is C19H17F3N2O. The van der Waals surface area contributed by atoms with Crippen molar-refractivity contribution >= 4 is 0 Å². The average molecular weight is 346 g/mol. The van der Waals surface area contributed by atoms with Crippen LogP contribution in [0.25, 0.3) is 11.3 Å². The van der Waals surface area contributed by atoms with Crippen LogP contribution in [0.3, 0.4) is 0 Å². The van der Waals surface area contributed by atoms with Gasteiger partial charge in [0.25, 0.3) is 0 Å². The number of aromatic amines is 1. The minimum atomic E-state index is -4.41. The summed E-state index contributed by atoms with van der Waals surface area (Å²) < 4.78 is 38.5. The lowest BCUT2D eigenvalue weighted by atomic mass is 10.0. The quantitative estimate of drug-likeness (QED) is 0.716. The van der Waals surface area contributed by atoms with Crippen LogP contribution in [0.2, 0.25) is 0 Å². The molecule has 2 N–H and O–H groups in total. The molecule has 3 rings (SSSR count). The van der Waals surface area contributed by atoms with E-state index in [-0.39, 0.29) is 5.82 Å². The maximum absolute atomic E-state index is 12.8. The third kappa shape index (κ3) is 3.74. The van der Waals surface area contributed by atoms with Crippen LogP contribution in [0, 0.1) is 13.8 Å². The van der Waals surface area contributed by atoms with E-state index in [1.807, 2.05) is 32.0 Å². The number of aryl methyl sites for hydroxylation is 2. The number of aromatic nitrogens is 2. The molecule has 1 unspecified atom stereocenters. The predicted octanol–water partition coefficient (Wildman–Crippen LogP) is 4.79. The summed E-state index contributed by atoms with van der Waals surface area (Å²) in [5.41, 5.74) is 2.77. The fraction of sp³-hybridized carbons (Fsp3) is 0.211. The van der Waals surface area contributed by atoms with Crippen molar-refractivity contribution in [3.05, 3.63) is 76.7 Å². The Hall–Kier alpha value is -2.60. The molecule has 0 saturated carbocycles. The normalized spacial score (nSPS) is 13.0. The summed E-state index contributed by atoms with van der Waals surface area (Å²) in [6.07, 6.45) is -3.95. The van der Waals surface area contributed by atoms with E-state index in [0.29, 0.717) is 16.8 Å². The van der Waals surface area contributed by atoms with Crippen LogP contribution in [0.4, 0.5) is 13.2 Å². The summed E-state index contributed by atoms with van der Waals surface area (Å²) in [5, 5.41) is 10.5. The van der Waals surface area contributed by atoms with Crippen molar-refractivity contribution in [1.29, 1.82) is 0 Å². The molecule has 1 aromatic heterocycles. The second-order valence-corrected chi connectivity index (χ2v) is 6.08. The highest BCUT2D eigenvalue weighted by atomic mass is 19.4. The number of halogens is 3. The Morgan fingerprint density at radius 3 is 2.36 bits per heavy atom. The van der Waals surface area contributed by atoms with Crippen LogP contribution in [0.15, 0.2) is 48.7 Å². The lowest BCUT2D eigenvalue weighted by Crippen LogP contribution is -2.04. The van der Waals surface area contributed by atoms with Gasteiger partial charge >= 0.3 is 6.18 Å². The number of imidazole rings is 1. The van der Waals surface area contributed by atoms with Crippen molar-refractivity contribution in [2.45, 2.75) is 26.1 Å². The van der Waals surface area contributed by atoms with E-state index in [1.54, 1.807) is 6.07 Å². The van der Waals surface area contributed by atoms with Crippen molar-refractivity contribution < 1.29 is 18.3 Å². The molecule has 0 aliphatic rings. The molecular weight excluding hydrogens is 329 g/mol. The fourth-order valence-electron chi connectivity index (χ4n) is 2.81. The minimum Gasteiger partial charge on any atom is -0.380 e. The van der Waals surface area contributed by atoms with E-state index in [0.717, 1.165) is 23.3 Å². The highest BCUT2D eigenvalue weighted by molar-refractivity contribution is 5.60. The molecule has 25 heavy (non-hydrogen) atoms. The second-order valence-electron chi connectivity index (χ2n) is 6.08. The number of hydrogen-bond donors (Lipinski definition) is 2. The van der Waals surface area contributed by atoms with Gasteiger partial charge < -0.3 is 10.1 Å². The summed E-state index contributed by atoms with van der Waals surface area (Å²) >= 11 is 0. The Balaban J connectivity index is 1.92. The van der Waals surface area contributed by atoms with Crippen molar-refractivity contribution in [1.82, 2.24) is 9.97 Å². The number of hydrogen-bond acceptors (Lipinski definition) is 2. The molecule has 0 amide bonds. The first-order valence-electron chi connectivity index (χ1n) is 7.73. The highest BCUT2D eigenvalue weighted by Gasteiger charge is 2.30. The lowest BCUT2D eigenvalue weighted by molar-refractivity contribution is -0.137. The van der Waals surface area contributed by atoms with Gasteiger partial charge in [-0.25, -0.2) is 4.98 Å². The third-order valence-corrected chi connectivity index (χ3v) is 3.92. The van der Waals surface area contributed by atoms with Crippen LogP contribution in [-0.2, 0) is 6.18 Å². The van der Waals surface area contributed by atoms with Gasteiger partial charge in [-0.15, -0.1) is 0 Å². The highest BCUT2D eigenvalue weighted by Crippen LogP contribution is 2.32. The zero-order chi connectivity index (χ0) is 18.2. The van der Waals surface area contributed by atoms with Crippen LogP contribution in [-0.4, -0.2) is 15.1 Å². The summed E-state index contributed by atoms with van der Waals surface area (Å²) in [7, 11) is 0. The van der Waals surface area contributed by atoms with E-state index in [1.165, 1.54) is 12.3 Å². The SMILES string of the molecule is Cc1cc(C)cc(C(O)c2ncc(-c3cccc(C(F)(F)F)c3)[nH]2)c1. The van der Waals surface area contributed by atoms with E-state index in [2.05, 4.69) is 9.97 Å². The smallest absolute Gasteiger partial charge is 0.380 e. The number of nitrogens with one attached hydrogen (secondary N) is 1. The third-order valence-electron chi connectivity index (χ3n) is 3.92. The van der Waals surface area contributed by atoms with Gasteiger partial charge in [-0.05, 0) is 31.5 Å². The van der Waals surface area contributed by atoms with Crippen molar-refractivity contribution in [3.63, 3.8) is 0 Å². The molecule has 3 nitrogen and oxygen atoms in total. The zero-order valence-electron chi connectivity index (χ0n) is 13.7. The molecule has 0 aliphatic carbocycles. The van der Waals surface area contributed by atoms with Gasteiger partial charge in [0.2, 0.25) is 0 Å². The van der Waals surface area contributed by atoms with Gasteiger partial charge in [-0.1, -0.05) is 41.5 Å². The first-order valence-corrected chi connectivity index (χ1v) is 7.73. The van der Waals surface area contributed by atoms with Crippen LogP contribution in [0.1, 0.15) is 34.2 Å². The van der Waals surface area contributed by atoms with Crippen molar-refractivity contribution in [2.75, 3.05) is 0 Å². The van der Waals surface area contributed by atoms with Crippen molar-refractivity contribution in [3.8, 4) is 11.3 Å². The van der Waals surface area contributed by atoms with Gasteiger partial charge in [0.15, 0.2) is 0 Å². The molecule has 6 heteroatoms. The minimum absolute atomic E-state index is 0.289. The number of alkyl halides is 3. The zero-order valence-corrected chi connectivity index (χ0v) is 13.7. The van der Waals surface area contributed by atoms with Crippen LogP contribution >= 0.6 is 0 Å². The maximum atomic E-state index is 12.8. The molecule has 0 bridgehead atoms. The maximum Gasteiger partial charge on any atom is 0.416 e. The number of aliphatic hydroxyl groups excluding tert-OH is 1. The van der Waals surface area contributed by atoms with Crippen molar-refractivity contribution in [2.24, 2.45) is 0 Å². The number of H-pyrrole nitrogens is 1. The van der Waals surface area contributed by atoms with Gasteiger partial charge in [0.05, 0.1) is 17.5 Å². The fourth-order valence-corrected chi connectivity index (χ4v) is 2.81. The topological polar surface area (TPSA) is 48.9 Å². The molecule has 0 saturated heterocycles. The molecule has 1 atom stereocenters. The first-order chi connectivity index (χ1) is 11.7. The Labute approximate surface area is 143 Å². The summed E-state index contributed by atoms with van der Waals surface area (Å²) in [4.78, 5) is 7.05. The first kappa shape index (κ1) is 17.2. The van der Waals surface area contributed by atoms with Gasteiger partial charge in [-0.3, -0.25) is 0 Å². The number of benzene rings is 2. The molecule has 130 valence electrons. The largest absolute Gasteiger partial charge is 0.416 e. The Morgan fingerprint density at radius 2 is 1.72 bits per heavy atom. The van der Waals surface area contributed by atoms with E-state index in [4.69, 9.17) is 0 Å². The molecule has 0 radical (unpaired) electrons. The monoisotopic (exact) mass is 346 g/mol. The summed E-state index contributed by atoms with van der Waals surface area (Å²) in [6.45, 7) is 3.86. The molecule has 0 fully saturated rings. The Bertz CT molecular complexity index is 879. The van der Waals surface area contributed by atoms with E-state index >= 15 is 0 Å². The van der Waals surface area contributed by atoms with Gasteiger partial charge in [0.1, 0.15) is 11.9 Å². The Morgan fingerprint density at radius 1 is 1.04 bits per heavy atom. The molecule has 1 heterocycles. The number of aliphatic hydroxyl groups is 1. The number of rotatable bonds is 3. The average Bonchev–Trinajstić information content (AvgIpc) is 3.02. The second kappa shape index (κ2) is 6.37. The molecule has 0 spiro atoms. The molecule has 3 aromatic rings. The summed E-state index contributed by atoms with van der Waals surface area (Å²) in [5.74, 6) is 0.289. The number of nitrogens with zero attached hydrogens (tertiary/aromatic N) is 1. The van der Waals surface area contributed by atoms with Gasteiger partial charge in [0, 0.05) is 5.56 Å². The Kier molecular flexibility index (Phi) is 4.39. The van der Waals surface area contributed by atoms with E-state index < -0.39 is 17.8 Å². The molecule has 0 aliphatic heterocycles. The van der Waals surface area contributed by atoms with Crippen LogP contribution < -0.4 is 0 Å². The van der Waals surface area contributed by atoms with Crippen LogP contribution in [0.5, 0.6) is 0 Å². The lowest BCUT2D eigenvalue weighted by Gasteiger charge is -2.11. The summed E-state index contributed by atoms with van der Waals surface area (Å²) in [6, 6.07) is 10.7. The molecule has 2 aromatic carbocycles. The van der Waals surface area contributed by atoms with E-state index in [9.17, 15) is 18.3 Å².